The molecule has 0 fully saturated rings. The lowest BCUT2D eigenvalue weighted by Crippen LogP contribution is -2.06. The Morgan fingerprint density at radius 3 is 2.32 bits per heavy atom. The zero-order valence-electron chi connectivity index (χ0n) is 9.24. The number of pyridine rings is 2. The molecular weight excluding hydrogens is 264 g/mol. The van der Waals surface area contributed by atoms with Crippen molar-refractivity contribution in [2.75, 3.05) is 5.43 Å². The summed E-state index contributed by atoms with van der Waals surface area (Å²) < 4.78 is 51.9. The molecule has 0 bridgehead atoms. The lowest BCUT2D eigenvalue weighted by Gasteiger charge is -2.04. The van der Waals surface area contributed by atoms with Crippen molar-refractivity contribution in [3.8, 4) is 0 Å². The number of hydrogen-bond donors (Lipinski definition) is 1. The van der Waals surface area contributed by atoms with Crippen LogP contribution in [0.3, 0.4) is 0 Å². The standard InChI is InChI=1S/C11H6F4N4/c12-7-9(8(13)11(15)18-10(7)14)19-17-5-6-3-1-2-4-16-6/h1-5H,(H,18,19)/b17-5-. The number of rotatable bonds is 3. The van der Waals surface area contributed by atoms with Crippen LogP contribution in [-0.2, 0) is 0 Å². The molecule has 0 radical (unpaired) electrons. The molecule has 19 heavy (non-hydrogen) atoms. The molecular formula is C11H6F4N4. The van der Waals surface area contributed by atoms with Crippen LogP contribution in [0.2, 0.25) is 0 Å². The number of anilines is 1. The van der Waals surface area contributed by atoms with Crippen LogP contribution in [0, 0.1) is 23.5 Å². The van der Waals surface area contributed by atoms with Crippen molar-refractivity contribution in [2.45, 2.75) is 0 Å². The summed E-state index contributed by atoms with van der Waals surface area (Å²) >= 11 is 0. The summed E-state index contributed by atoms with van der Waals surface area (Å²) in [5.41, 5.74) is 1.21. The summed E-state index contributed by atoms with van der Waals surface area (Å²) in [5.74, 6) is -6.82. The Morgan fingerprint density at radius 1 is 1.05 bits per heavy atom. The van der Waals surface area contributed by atoms with E-state index in [-0.39, 0.29) is 0 Å². The lowest BCUT2D eigenvalue weighted by molar-refractivity contribution is 0.411. The predicted octanol–water partition coefficient (Wildman–Crippen LogP) is 2.48. The Bertz CT molecular complexity index is 590. The molecule has 0 saturated heterocycles. The maximum absolute atomic E-state index is 13.2. The molecule has 0 saturated carbocycles. The maximum atomic E-state index is 13.2. The molecule has 0 aromatic carbocycles. The van der Waals surface area contributed by atoms with Crippen LogP contribution in [0.25, 0.3) is 0 Å². The third-order valence-corrected chi connectivity index (χ3v) is 2.06. The maximum Gasteiger partial charge on any atom is 0.254 e. The van der Waals surface area contributed by atoms with Gasteiger partial charge >= 0.3 is 0 Å². The van der Waals surface area contributed by atoms with Gasteiger partial charge in [-0.1, -0.05) is 6.07 Å². The van der Waals surface area contributed by atoms with E-state index in [2.05, 4.69) is 15.1 Å². The van der Waals surface area contributed by atoms with Crippen LogP contribution in [0.5, 0.6) is 0 Å². The Balaban J connectivity index is 2.23. The molecule has 2 aromatic heterocycles. The van der Waals surface area contributed by atoms with Crippen LogP contribution < -0.4 is 5.43 Å². The number of hydrogen-bond acceptors (Lipinski definition) is 4. The van der Waals surface area contributed by atoms with E-state index in [1.165, 1.54) is 6.20 Å². The smallest absolute Gasteiger partial charge is 0.254 e. The van der Waals surface area contributed by atoms with Crippen molar-refractivity contribution in [1.29, 1.82) is 0 Å². The predicted molar refractivity (Wildman–Crippen MR) is 59.5 cm³/mol. The minimum atomic E-state index is -1.76. The fourth-order valence-electron chi connectivity index (χ4n) is 1.20. The fourth-order valence-corrected chi connectivity index (χ4v) is 1.20. The molecule has 0 spiro atoms. The van der Waals surface area contributed by atoms with Crippen LogP contribution in [0.15, 0.2) is 29.5 Å². The molecule has 2 heterocycles. The van der Waals surface area contributed by atoms with Crippen molar-refractivity contribution >= 4 is 11.9 Å². The lowest BCUT2D eigenvalue weighted by atomic mass is 10.3. The van der Waals surface area contributed by atoms with Gasteiger partial charge in [0.1, 0.15) is 5.69 Å². The Labute approximate surface area is 104 Å². The molecule has 0 unspecified atom stereocenters. The quantitative estimate of drug-likeness (QED) is 0.403. The van der Waals surface area contributed by atoms with E-state index >= 15 is 0 Å². The fraction of sp³-hybridized carbons (Fsp3) is 0. The number of hydrazone groups is 1. The van der Waals surface area contributed by atoms with Gasteiger partial charge in [0, 0.05) is 6.20 Å². The highest BCUT2D eigenvalue weighted by Gasteiger charge is 2.20. The highest BCUT2D eigenvalue weighted by molar-refractivity contribution is 5.77. The second kappa shape index (κ2) is 5.42. The van der Waals surface area contributed by atoms with Gasteiger partial charge in [-0.05, 0) is 12.1 Å². The van der Waals surface area contributed by atoms with Gasteiger partial charge in [-0.3, -0.25) is 10.4 Å². The van der Waals surface area contributed by atoms with Gasteiger partial charge in [0.25, 0.3) is 11.9 Å². The van der Waals surface area contributed by atoms with Crippen molar-refractivity contribution < 1.29 is 17.6 Å². The Morgan fingerprint density at radius 2 is 1.74 bits per heavy atom. The molecule has 4 nitrogen and oxygen atoms in total. The largest absolute Gasteiger partial charge is 0.272 e. The molecule has 0 atom stereocenters. The third-order valence-electron chi connectivity index (χ3n) is 2.06. The van der Waals surface area contributed by atoms with Crippen LogP contribution in [-0.4, -0.2) is 16.2 Å². The van der Waals surface area contributed by atoms with Crippen LogP contribution in [0.1, 0.15) is 5.69 Å². The van der Waals surface area contributed by atoms with Gasteiger partial charge in [0.15, 0.2) is 0 Å². The number of nitrogens with zero attached hydrogens (tertiary/aromatic N) is 3. The van der Waals surface area contributed by atoms with Gasteiger partial charge in [0.05, 0.1) is 11.9 Å². The van der Waals surface area contributed by atoms with E-state index in [0.29, 0.717) is 5.69 Å². The molecule has 1 N–H and O–H groups in total. The summed E-state index contributed by atoms with van der Waals surface area (Å²) in [4.78, 5) is 6.26. The SMILES string of the molecule is Fc1nc(F)c(F)c(N/N=C\c2ccccn2)c1F. The van der Waals surface area contributed by atoms with E-state index in [0.717, 1.165) is 6.21 Å². The van der Waals surface area contributed by atoms with E-state index in [4.69, 9.17) is 0 Å². The molecule has 0 amide bonds. The molecule has 0 aliphatic rings. The van der Waals surface area contributed by atoms with Gasteiger partial charge in [-0.25, -0.2) is 0 Å². The number of nitrogens with one attached hydrogen (secondary N) is 1. The first kappa shape index (κ1) is 12.9. The van der Waals surface area contributed by atoms with Crippen molar-refractivity contribution in [3.63, 3.8) is 0 Å². The second-order valence-electron chi connectivity index (χ2n) is 3.32. The Hall–Kier alpha value is -2.51. The monoisotopic (exact) mass is 270 g/mol. The van der Waals surface area contributed by atoms with E-state index in [1.807, 2.05) is 5.43 Å². The van der Waals surface area contributed by atoms with Gasteiger partial charge in [0.2, 0.25) is 11.6 Å². The summed E-state index contributed by atoms with van der Waals surface area (Å²) in [5, 5.41) is 3.44. The first-order valence-electron chi connectivity index (χ1n) is 4.99. The zero-order chi connectivity index (χ0) is 13.8. The third kappa shape index (κ3) is 2.84. The molecule has 2 rings (SSSR count). The topological polar surface area (TPSA) is 50.2 Å². The van der Waals surface area contributed by atoms with E-state index < -0.39 is 29.2 Å². The van der Waals surface area contributed by atoms with Crippen molar-refractivity contribution in [1.82, 2.24) is 9.97 Å². The number of aromatic nitrogens is 2. The summed E-state index contributed by atoms with van der Waals surface area (Å²) in [6, 6.07) is 4.91. The average Bonchev–Trinajstić information content (AvgIpc) is 2.42. The summed E-state index contributed by atoms with van der Waals surface area (Å²) in [7, 11) is 0. The molecule has 2 aromatic rings. The normalized spacial score (nSPS) is 10.9. The zero-order valence-corrected chi connectivity index (χ0v) is 9.24. The first-order valence-corrected chi connectivity index (χ1v) is 4.99. The minimum absolute atomic E-state index is 0.394. The van der Waals surface area contributed by atoms with E-state index in [9.17, 15) is 17.6 Å². The highest BCUT2D eigenvalue weighted by atomic mass is 19.2. The van der Waals surface area contributed by atoms with Crippen molar-refractivity contribution in [3.05, 3.63) is 53.6 Å². The second-order valence-corrected chi connectivity index (χ2v) is 3.32. The summed E-state index contributed by atoms with van der Waals surface area (Å²) in [6.07, 6.45) is 2.61. The molecule has 98 valence electrons. The summed E-state index contributed by atoms with van der Waals surface area (Å²) in [6.45, 7) is 0. The van der Waals surface area contributed by atoms with Crippen LogP contribution >= 0.6 is 0 Å². The minimum Gasteiger partial charge on any atom is -0.272 e. The van der Waals surface area contributed by atoms with E-state index in [1.54, 1.807) is 18.2 Å². The number of halogens is 4. The molecule has 8 heteroatoms. The van der Waals surface area contributed by atoms with Crippen LogP contribution in [0.4, 0.5) is 23.2 Å². The molecule has 0 aliphatic heterocycles. The Kier molecular flexibility index (Phi) is 3.69. The van der Waals surface area contributed by atoms with Gasteiger partial charge < -0.3 is 0 Å². The van der Waals surface area contributed by atoms with Gasteiger partial charge in [-0.15, -0.1) is 0 Å². The van der Waals surface area contributed by atoms with Gasteiger partial charge in [-0.2, -0.15) is 27.6 Å². The average molecular weight is 270 g/mol. The van der Waals surface area contributed by atoms with Crippen molar-refractivity contribution in [2.24, 2.45) is 5.10 Å². The molecule has 0 aliphatic carbocycles. The first-order chi connectivity index (χ1) is 9.09. The highest BCUT2D eigenvalue weighted by Crippen LogP contribution is 2.21.